The van der Waals surface area contributed by atoms with Crippen LogP contribution in [-0.4, -0.2) is 80.9 Å². The van der Waals surface area contributed by atoms with E-state index in [4.69, 9.17) is 9.47 Å². The molecule has 5 N–H and O–H groups in total. The SMILES string of the molecule is CO[C@@](C(=O)O[C@H](C)C(C)/C=C/[C@@H](C)[C@H]1C[C@@H](O)C2[C@]1(C)CC[C@@H]1[C@@]3(C)CC[C@H](O)[C@H](O)C3[C@@H](O)C[C@@]21O)(c1ccccc1)C(F)(F)F. The predicted octanol–water partition coefficient (Wildman–Crippen LogP) is 4.90. The van der Waals surface area contributed by atoms with Crippen molar-refractivity contribution in [2.24, 2.45) is 46.3 Å². The molecular formula is C37H53F3O8. The first-order valence-corrected chi connectivity index (χ1v) is 17.3. The van der Waals surface area contributed by atoms with Crippen molar-refractivity contribution in [2.75, 3.05) is 7.11 Å². The van der Waals surface area contributed by atoms with Crippen molar-refractivity contribution >= 4 is 5.97 Å². The van der Waals surface area contributed by atoms with Crippen LogP contribution in [0.5, 0.6) is 0 Å². The summed E-state index contributed by atoms with van der Waals surface area (Å²) in [5.74, 6) is -3.49. The van der Waals surface area contributed by atoms with Crippen LogP contribution in [0.15, 0.2) is 42.5 Å². The smallest absolute Gasteiger partial charge is 0.432 e. The molecule has 48 heavy (non-hydrogen) atoms. The molecule has 0 spiro atoms. The average molecular weight is 683 g/mol. The quantitative estimate of drug-likeness (QED) is 0.193. The molecule has 0 aliphatic heterocycles. The van der Waals surface area contributed by atoms with E-state index in [1.165, 1.54) is 31.2 Å². The minimum Gasteiger partial charge on any atom is -0.459 e. The molecule has 0 heterocycles. The Labute approximate surface area is 281 Å². The summed E-state index contributed by atoms with van der Waals surface area (Å²) in [5, 5.41) is 56.7. The lowest BCUT2D eigenvalue weighted by atomic mass is 9.41. The number of aliphatic hydroxyl groups excluding tert-OH is 4. The molecule has 270 valence electrons. The highest BCUT2D eigenvalue weighted by Gasteiger charge is 2.71. The summed E-state index contributed by atoms with van der Waals surface area (Å²) in [4.78, 5) is 13.2. The molecule has 15 atom stereocenters. The van der Waals surface area contributed by atoms with Crippen LogP contribution in [0.1, 0.15) is 78.7 Å². The van der Waals surface area contributed by atoms with Gasteiger partial charge in [-0.15, -0.1) is 0 Å². The number of esters is 1. The summed E-state index contributed by atoms with van der Waals surface area (Å²) >= 11 is 0. The Hall–Kier alpha value is -2.02. The molecule has 0 amide bonds. The highest BCUT2D eigenvalue weighted by molar-refractivity contribution is 5.82. The Morgan fingerprint density at radius 2 is 1.56 bits per heavy atom. The van der Waals surface area contributed by atoms with Crippen LogP contribution >= 0.6 is 0 Å². The molecule has 0 bridgehead atoms. The molecule has 4 fully saturated rings. The molecule has 5 rings (SSSR count). The molecule has 1 aromatic rings. The van der Waals surface area contributed by atoms with Gasteiger partial charge in [0.15, 0.2) is 0 Å². The van der Waals surface area contributed by atoms with Crippen molar-refractivity contribution in [3.05, 3.63) is 48.0 Å². The fourth-order valence-electron chi connectivity index (χ4n) is 10.8. The normalized spacial score (nSPS) is 43.0. The van der Waals surface area contributed by atoms with Gasteiger partial charge in [0, 0.05) is 36.8 Å². The second-order valence-electron chi connectivity index (χ2n) is 15.8. The van der Waals surface area contributed by atoms with Gasteiger partial charge in [-0.05, 0) is 67.6 Å². The first-order chi connectivity index (χ1) is 22.3. The molecule has 1 aromatic carbocycles. The lowest BCUT2D eigenvalue weighted by Crippen LogP contribution is -2.70. The van der Waals surface area contributed by atoms with Crippen molar-refractivity contribution in [1.29, 1.82) is 0 Å². The van der Waals surface area contributed by atoms with Crippen LogP contribution in [0.3, 0.4) is 0 Å². The molecule has 0 saturated heterocycles. The third-order valence-electron chi connectivity index (χ3n) is 13.4. The maximum atomic E-state index is 14.4. The number of allylic oxidation sites excluding steroid dienone is 1. The van der Waals surface area contributed by atoms with E-state index in [0.29, 0.717) is 25.7 Å². The van der Waals surface area contributed by atoms with Crippen LogP contribution in [-0.2, 0) is 19.9 Å². The van der Waals surface area contributed by atoms with Crippen LogP contribution in [0, 0.1) is 46.3 Å². The largest absolute Gasteiger partial charge is 0.459 e. The van der Waals surface area contributed by atoms with E-state index in [-0.39, 0.29) is 29.7 Å². The number of methoxy groups -OCH3 is 1. The van der Waals surface area contributed by atoms with Gasteiger partial charge in [0.05, 0.1) is 30.0 Å². The lowest BCUT2D eigenvalue weighted by Gasteiger charge is -2.66. The van der Waals surface area contributed by atoms with Gasteiger partial charge in [-0.25, -0.2) is 4.79 Å². The number of alkyl halides is 3. The predicted molar refractivity (Wildman–Crippen MR) is 171 cm³/mol. The fraction of sp³-hybridized carbons (Fsp3) is 0.757. The number of ether oxygens (including phenoxy) is 2. The fourth-order valence-corrected chi connectivity index (χ4v) is 10.8. The number of rotatable bonds is 8. The zero-order valence-electron chi connectivity index (χ0n) is 28.7. The van der Waals surface area contributed by atoms with Crippen molar-refractivity contribution in [1.82, 2.24) is 0 Å². The van der Waals surface area contributed by atoms with Crippen molar-refractivity contribution in [3.63, 3.8) is 0 Å². The molecule has 4 saturated carbocycles. The minimum atomic E-state index is -5.07. The monoisotopic (exact) mass is 682 g/mol. The van der Waals surface area contributed by atoms with Gasteiger partial charge in [-0.1, -0.05) is 70.2 Å². The minimum absolute atomic E-state index is 0.0136. The molecule has 4 aliphatic rings. The van der Waals surface area contributed by atoms with Crippen LogP contribution < -0.4 is 0 Å². The summed E-state index contributed by atoms with van der Waals surface area (Å²) in [6.07, 6.45) is -3.33. The molecule has 0 radical (unpaired) electrons. The Kier molecular flexibility index (Phi) is 10.0. The van der Waals surface area contributed by atoms with Gasteiger partial charge in [-0.3, -0.25) is 0 Å². The van der Waals surface area contributed by atoms with E-state index in [1.54, 1.807) is 13.0 Å². The zero-order valence-corrected chi connectivity index (χ0v) is 28.7. The van der Waals surface area contributed by atoms with E-state index < -0.39 is 82.5 Å². The highest BCUT2D eigenvalue weighted by atomic mass is 19.4. The maximum absolute atomic E-state index is 14.4. The molecule has 3 unspecified atom stereocenters. The summed E-state index contributed by atoms with van der Waals surface area (Å²) in [6, 6.07) is 6.69. The highest BCUT2D eigenvalue weighted by Crippen LogP contribution is 2.69. The average Bonchev–Trinajstić information content (AvgIpc) is 3.29. The number of hydrogen-bond donors (Lipinski definition) is 5. The summed E-state index contributed by atoms with van der Waals surface area (Å²) in [6.45, 7) is 9.40. The summed E-state index contributed by atoms with van der Waals surface area (Å²) < 4.78 is 53.4. The Balaban J connectivity index is 1.32. The first-order valence-electron chi connectivity index (χ1n) is 17.3. The van der Waals surface area contributed by atoms with E-state index >= 15 is 0 Å². The summed E-state index contributed by atoms with van der Waals surface area (Å²) in [5.41, 5.74) is -6.10. The number of hydrogen-bond acceptors (Lipinski definition) is 8. The Morgan fingerprint density at radius 1 is 0.938 bits per heavy atom. The third-order valence-corrected chi connectivity index (χ3v) is 13.4. The third kappa shape index (κ3) is 5.64. The molecule has 8 nitrogen and oxygen atoms in total. The summed E-state index contributed by atoms with van der Waals surface area (Å²) in [7, 11) is 0.834. The van der Waals surface area contributed by atoms with E-state index in [2.05, 4.69) is 6.92 Å². The second-order valence-corrected chi connectivity index (χ2v) is 15.8. The lowest BCUT2D eigenvalue weighted by molar-refractivity contribution is -0.280. The van der Waals surface area contributed by atoms with Gasteiger partial charge in [0.2, 0.25) is 0 Å². The van der Waals surface area contributed by atoms with Gasteiger partial charge in [0.25, 0.3) is 5.60 Å². The van der Waals surface area contributed by atoms with Crippen LogP contribution in [0.2, 0.25) is 0 Å². The van der Waals surface area contributed by atoms with E-state index in [0.717, 1.165) is 13.5 Å². The number of halogens is 3. The maximum Gasteiger partial charge on any atom is 0.432 e. The topological polar surface area (TPSA) is 137 Å². The first kappa shape index (κ1) is 37.2. The zero-order chi connectivity index (χ0) is 35.6. The molecule has 11 heteroatoms. The number of fused-ring (bicyclic) bond motifs is 5. The van der Waals surface area contributed by atoms with Gasteiger partial charge in [-0.2, -0.15) is 13.2 Å². The molecular weight excluding hydrogens is 629 g/mol. The van der Waals surface area contributed by atoms with Gasteiger partial charge < -0.3 is 35.0 Å². The van der Waals surface area contributed by atoms with Crippen LogP contribution in [0.4, 0.5) is 13.2 Å². The van der Waals surface area contributed by atoms with E-state index in [9.17, 15) is 43.5 Å². The van der Waals surface area contributed by atoms with E-state index in [1.807, 2.05) is 26.0 Å². The van der Waals surface area contributed by atoms with Crippen molar-refractivity contribution in [2.45, 2.75) is 121 Å². The number of benzene rings is 1. The van der Waals surface area contributed by atoms with Crippen molar-refractivity contribution in [3.8, 4) is 0 Å². The van der Waals surface area contributed by atoms with Gasteiger partial charge >= 0.3 is 12.1 Å². The Bertz CT molecular complexity index is 1340. The number of carbonyl (C=O) groups is 1. The number of carbonyl (C=O) groups excluding carboxylic acids is 1. The second kappa shape index (κ2) is 12.9. The van der Waals surface area contributed by atoms with Gasteiger partial charge in [0.1, 0.15) is 6.10 Å². The molecule has 4 aliphatic carbocycles. The van der Waals surface area contributed by atoms with Crippen LogP contribution in [0.25, 0.3) is 0 Å². The Morgan fingerprint density at radius 3 is 2.17 bits per heavy atom. The standard InChI is InChI=1S/C37H53F3O8/c1-20(22(3)48-32(45)36(47-6,37(38,39)40)23-10-8-7-9-11-23)12-13-21(2)24-18-26(42)31-33(24,4)17-15-28-34(5)16-14-25(41)30(44)29(34)27(43)19-35(28,31)46/h7-13,20-22,24-31,41-44,46H,14-19H2,1-6H3/b13-12+/t20?,21-,22-,24-,25+,26-,27+,28-,29?,30+,31?,33-,34-,35+,36-/m1/s1. The number of aliphatic hydroxyl groups is 5. The van der Waals surface area contributed by atoms with Crippen molar-refractivity contribution < 1.29 is 53.0 Å². The molecule has 0 aromatic heterocycles.